The Morgan fingerprint density at radius 1 is 1.45 bits per heavy atom. The van der Waals surface area contributed by atoms with Crippen LogP contribution in [0, 0.1) is 16.0 Å². The Bertz CT molecular complexity index is 593. The summed E-state index contributed by atoms with van der Waals surface area (Å²) in [6, 6.07) is 4.78. The molecule has 1 aliphatic rings. The molecule has 0 aliphatic carbocycles. The first-order valence-corrected chi connectivity index (χ1v) is 7.52. The Hall–Kier alpha value is -1.95. The van der Waals surface area contributed by atoms with Gasteiger partial charge in [-0.1, -0.05) is 26.8 Å². The molecule has 1 atom stereocenters. The van der Waals surface area contributed by atoms with Crippen molar-refractivity contribution in [2.45, 2.75) is 32.6 Å². The Labute approximate surface area is 130 Å². The molecule has 1 heterocycles. The van der Waals surface area contributed by atoms with Crippen LogP contribution in [0.3, 0.4) is 0 Å². The second kappa shape index (κ2) is 6.04. The van der Waals surface area contributed by atoms with Gasteiger partial charge < -0.3 is 10.6 Å². The van der Waals surface area contributed by atoms with E-state index in [2.05, 4.69) is 0 Å². The third-order valence-corrected chi connectivity index (χ3v) is 4.16. The van der Waals surface area contributed by atoms with E-state index in [9.17, 15) is 14.9 Å². The van der Waals surface area contributed by atoms with Crippen molar-refractivity contribution in [2.75, 3.05) is 19.6 Å². The zero-order valence-electron chi connectivity index (χ0n) is 13.3. The predicted molar refractivity (Wildman–Crippen MR) is 84.9 cm³/mol. The van der Waals surface area contributed by atoms with Crippen molar-refractivity contribution in [2.24, 2.45) is 11.7 Å². The van der Waals surface area contributed by atoms with Gasteiger partial charge in [0.2, 0.25) is 0 Å². The molecule has 1 aromatic rings. The molecule has 1 fully saturated rings. The molecular formula is C16H23N3O3. The molecule has 22 heavy (non-hydrogen) atoms. The fourth-order valence-electron chi connectivity index (χ4n) is 2.84. The average molecular weight is 305 g/mol. The van der Waals surface area contributed by atoms with Gasteiger partial charge in [-0.05, 0) is 30.4 Å². The molecule has 0 bridgehead atoms. The Morgan fingerprint density at radius 3 is 2.64 bits per heavy atom. The lowest BCUT2D eigenvalue weighted by atomic mass is 9.85. The second-order valence-corrected chi connectivity index (χ2v) is 6.88. The van der Waals surface area contributed by atoms with Crippen LogP contribution in [0.25, 0.3) is 0 Å². The van der Waals surface area contributed by atoms with Crippen LogP contribution in [0.5, 0.6) is 0 Å². The van der Waals surface area contributed by atoms with E-state index in [4.69, 9.17) is 5.73 Å². The first-order chi connectivity index (χ1) is 10.2. The van der Waals surface area contributed by atoms with E-state index in [0.29, 0.717) is 36.7 Å². The molecule has 6 nitrogen and oxygen atoms in total. The zero-order valence-corrected chi connectivity index (χ0v) is 13.3. The standard InChI is InChI=1S/C16H23N3O3/c1-16(2,3)13-5-4-12(8-14(13)19(21)22)15(20)18-7-6-11(9-17)10-18/h4-5,8,11H,6-7,9-10,17H2,1-3H3. The summed E-state index contributed by atoms with van der Waals surface area (Å²) in [7, 11) is 0. The number of nitro benzene ring substituents is 1. The van der Waals surface area contributed by atoms with Gasteiger partial charge >= 0.3 is 0 Å². The van der Waals surface area contributed by atoms with Gasteiger partial charge in [0.15, 0.2) is 0 Å². The molecule has 2 N–H and O–H groups in total. The van der Waals surface area contributed by atoms with Gasteiger partial charge in [0.05, 0.1) is 4.92 Å². The molecular weight excluding hydrogens is 282 g/mol. The Kier molecular flexibility index (Phi) is 4.51. The molecule has 0 saturated carbocycles. The molecule has 6 heteroatoms. The number of rotatable bonds is 3. The van der Waals surface area contributed by atoms with Crippen molar-refractivity contribution in [3.63, 3.8) is 0 Å². The molecule has 1 unspecified atom stereocenters. The topological polar surface area (TPSA) is 89.5 Å². The lowest BCUT2D eigenvalue weighted by Gasteiger charge is -2.20. The van der Waals surface area contributed by atoms with E-state index in [1.807, 2.05) is 20.8 Å². The number of carbonyl (C=O) groups excluding carboxylic acids is 1. The number of nitrogens with zero attached hydrogens (tertiary/aromatic N) is 2. The first-order valence-electron chi connectivity index (χ1n) is 7.52. The summed E-state index contributed by atoms with van der Waals surface area (Å²) in [4.78, 5) is 25.2. The van der Waals surface area contributed by atoms with Gasteiger partial charge in [-0.2, -0.15) is 0 Å². The van der Waals surface area contributed by atoms with Crippen LogP contribution in [0.4, 0.5) is 5.69 Å². The van der Waals surface area contributed by atoms with Gasteiger partial charge in [-0.3, -0.25) is 14.9 Å². The van der Waals surface area contributed by atoms with Crippen molar-refractivity contribution >= 4 is 11.6 Å². The third-order valence-electron chi connectivity index (χ3n) is 4.16. The van der Waals surface area contributed by atoms with Crippen molar-refractivity contribution in [1.29, 1.82) is 0 Å². The smallest absolute Gasteiger partial charge is 0.273 e. The van der Waals surface area contributed by atoms with Crippen LogP contribution in [0.15, 0.2) is 18.2 Å². The number of amides is 1. The highest BCUT2D eigenvalue weighted by atomic mass is 16.6. The highest BCUT2D eigenvalue weighted by molar-refractivity contribution is 5.95. The molecule has 120 valence electrons. The molecule has 2 rings (SSSR count). The van der Waals surface area contributed by atoms with Crippen molar-refractivity contribution in [3.05, 3.63) is 39.4 Å². The van der Waals surface area contributed by atoms with Gasteiger partial charge in [0, 0.05) is 30.3 Å². The first kappa shape index (κ1) is 16.4. The van der Waals surface area contributed by atoms with Gasteiger partial charge in [-0.15, -0.1) is 0 Å². The number of likely N-dealkylation sites (tertiary alicyclic amines) is 1. The van der Waals surface area contributed by atoms with Crippen LogP contribution in [0.1, 0.15) is 43.1 Å². The summed E-state index contributed by atoms with van der Waals surface area (Å²) in [5.74, 6) is 0.173. The lowest BCUT2D eigenvalue weighted by molar-refractivity contribution is -0.386. The SMILES string of the molecule is CC(C)(C)c1ccc(C(=O)N2CCC(CN)C2)cc1[N+](=O)[O-]. The molecule has 1 saturated heterocycles. The van der Waals surface area contributed by atoms with E-state index in [1.165, 1.54) is 6.07 Å². The van der Waals surface area contributed by atoms with Gasteiger partial charge in [0.25, 0.3) is 11.6 Å². The van der Waals surface area contributed by atoms with Crippen LogP contribution in [-0.2, 0) is 5.41 Å². The summed E-state index contributed by atoms with van der Waals surface area (Å²) in [5.41, 5.74) is 6.31. The van der Waals surface area contributed by atoms with E-state index in [0.717, 1.165) is 6.42 Å². The third kappa shape index (κ3) is 3.27. The molecule has 1 amide bonds. The van der Waals surface area contributed by atoms with Gasteiger partial charge in [0.1, 0.15) is 0 Å². The minimum Gasteiger partial charge on any atom is -0.338 e. The molecule has 0 spiro atoms. The number of hydrogen-bond acceptors (Lipinski definition) is 4. The summed E-state index contributed by atoms with van der Waals surface area (Å²) >= 11 is 0. The minimum absolute atomic E-state index is 0.00733. The van der Waals surface area contributed by atoms with Gasteiger partial charge in [-0.25, -0.2) is 0 Å². The maximum atomic E-state index is 12.5. The van der Waals surface area contributed by atoms with E-state index < -0.39 is 4.92 Å². The summed E-state index contributed by atoms with van der Waals surface area (Å²) in [6.45, 7) is 7.61. The van der Waals surface area contributed by atoms with E-state index in [-0.39, 0.29) is 17.0 Å². The highest BCUT2D eigenvalue weighted by Gasteiger charge is 2.29. The number of nitro groups is 1. The average Bonchev–Trinajstić information content (AvgIpc) is 2.93. The van der Waals surface area contributed by atoms with E-state index >= 15 is 0 Å². The molecule has 1 aromatic carbocycles. The summed E-state index contributed by atoms with van der Waals surface area (Å²) in [6.07, 6.45) is 0.893. The maximum absolute atomic E-state index is 12.5. The quantitative estimate of drug-likeness (QED) is 0.685. The van der Waals surface area contributed by atoms with Crippen molar-refractivity contribution in [1.82, 2.24) is 4.90 Å². The molecule has 0 aromatic heterocycles. The van der Waals surface area contributed by atoms with Crippen LogP contribution in [-0.4, -0.2) is 35.4 Å². The number of benzene rings is 1. The summed E-state index contributed by atoms with van der Waals surface area (Å²) < 4.78 is 0. The fraction of sp³-hybridized carbons (Fsp3) is 0.562. The van der Waals surface area contributed by atoms with Crippen molar-refractivity contribution < 1.29 is 9.72 Å². The van der Waals surface area contributed by atoms with Crippen LogP contribution >= 0.6 is 0 Å². The van der Waals surface area contributed by atoms with Crippen LogP contribution < -0.4 is 5.73 Å². The largest absolute Gasteiger partial charge is 0.338 e. The van der Waals surface area contributed by atoms with E-state index in [1.54, 1.807) is 17.0 Å². The fourth-order valence-corrected chi connectivity index (χ4v) is 2.84. The number of carbonyl (C=O) groups is 1. The Morgan fingerprint density at radius 2 is 2.14 bits per heavy atom. The lowest BCUT2D eigenvalue weighted by Crippen LogP contribution is -2.30. The minimum atomic E-state index is -0.413. The molecule has 0 radical (unpaired) electrons. The monoisotopic (exact) mass is 305 g/mol. The maximum Gasteiger partial charge on any atom is 0.273 e. The normalized spacial score (nSPS) is 18.5. The Balaban J connectivity index is 2.31. The van der Waals surface area contributed by atoms with Crippen molar-refractivity contribution in [3.8, 4) is 0 Å². The second-order valence-electron chi connectivity index (χ2n) is 6.88. The number of hydrogen-bond donors (Lipinski definition) is 1. The zero-order chi connectivity index (χ0) is 16.5. The predicted octanol–water partition coefficient (Wildman–Crippen LogP) is 2.31. The number of nitrogens with two attached hydrogens (primary N) is 1. The molecule has 1 aliphatic heterocycles. The van der Waals surface area contributed by atoms with Crippen LogP contribution in [0.2, 0.25) is 0 Å². The highest BCUT2D eigenvalue weighted by Crippen LogP contribution is 2.32. The summed E-state index contributed by atoms with van der Waals surface area (Å²) in [5, 5.41) is 11.3.